The molecule has 4 rings (SSSR count). The molecule has 0 amide bonds. The van der Waals surface area contributed by atoms with E-state index in [4.69, 9.17) is 4.84 Å². The van der Waals surface area contributed by atoms with Crippen molar-refractivity contribution < 1.29 is 9.57 Å². The van der Waals surface area contributed by atoms with Gasteiger partial charge in [0.1, 0.15) is 25.1 Å². The van der Waals surface area contributed by atoms with E-state index in [2.05, 4.69) is 36.3 Å². The van der Waals surface area contributed by atoms with Crippen molar-refractivity contribution in [1.29, 1.82) is 0 Å². The van der Waals surface area contributed by atoms with Crippen molar-refractivity contribution in [3.63, 3.8) is 0 Å². The number of aromatic nitrogens is 6. The zero-order valence-corrected chi connectivity index (χ0v) is 15.0. The number of hydrogen-bond donors (Lipinski definition) is 1. The van der Waals surface area contributed by atoms with Crippen LogP contribution in [-0.4, -0.2) is 31.3 Å². The van der Waals surface area contributed by atoms with Crippen molar-refractivity contribution in [3.8, 4) is 5.82 Å². The topological polar surface area (TPSA) is 73.2 Å². The molecule has 0 aliphatic rings. The third kappa shape index (κ3) is 3.05. The van der Waals surface area contributed by atoms with E-state index in [-0.39, 0.29) is 0 Å². The van der Waals surface area contributed by atoms with Crippen molar-refractivity contribution >= 4 is 27.4 Å². The van der Waals surface area contributed by atoms with E-state index in [0.717, 1.165) is 27.3 Å². The number of fused-ring (bicyclic) bond motifs is 1. The van der Waals surface area contributed by atoms with Crippen LogP contribution in [-0.2, 0) is 6.54 Å². The van der Waals surface area contributed by atoms with E-state index in [1.807, 2.05) is 41.4 Å². The third-order valence-electron chi connectivity index (χ3n) is 3.70. The molecule has 4 heterocycles. The molecule has 126 valence electrons. The van der Waals surface area contributed by atoms with Crippen LogP contribution in [0.25, 0.3) is 11.5 Å². The number of rotatable bonds is 5. The lowest BCUT2D eigenvalue weighted by Gasteiger charge is -2.10. The van der Waals surface area contributed by atoms with Gasteiger partial charge >= 0.3 is 0 Å². The summed E-state index contributed by atoms with van der Waals surface area (Å²) in [6, 6.07) is 5.89. The molecule has 0 saturated heterocycles. The Labute approximate surface area is 151 Å². The predicted octanol–water partition coefficient (Wildman–Crippen LogP) is 1.64. The monoisotopic (exact) mass is 400 g/mol. The SMILES string of the molecule is CO[n+]1cccc(CNc2cc(-n3ccnc3)nc3c(Br)cnn23)c1. The summed E-state index contributed by atoms with van der Waals surface area (Å²) >= 11 is 3.50. The van der Waals surface area contributed by atoms with Crippen LogP contribution in [0.1, 0.15) is 5.56 Å². The van der Waals surface area contributed by atoms with Crippen LogP contribution >= 0.6 is 15.9 Å². The normalized spacial score (nSPS) is 11.0. The summed E-state index contributed by atoms with van der Waals surface area (Å²) in [6.07, 6.45) is 10.8. The molecule has 4 aromatic rings. The fourth-order valence-corrected chi connectivity index (χ4v) is 2.84. The first-order chi connectivity index (χ1) is 12.2. The highest BCUT2D eigenvalue weighted by Gasteiger charge is 2.12. The molecule has 0 bridgehead atoms. The Bertz CT molecular complexity index is 1010. The second-order valence-electron chi connectivity index (χ2n) is 5.31. The summed E-state index contributed by atoms with van der Waals surface area (Å²) < 4.78 is 6.10. The van der Waals surface area contributed by atoms with Crippen LogP contribution < -0.4 is 14.9 Å². The Balaban J connectivity index is 1.70. The van der Waals surface area contributed by atoms with Gasteiger partial charge in [-0.15, -0.1) is 0 Å². The lowest BCUT2D eigenvalue weighted by atomic mass is 10.3. The van der Waals surface area contributed by atoms with Gasteiger partial charge in [-0.3, -0.25) is 9.40 Å². The molecule has 8 nitrogen and oxygen atoms in total. The number of anilines is 1. The van der Waals surface area contributed by atoms with E-state index < -0.39 is 0 Å². The van der Waals surface area contributed by atoms with Crippen LogP contribution in [0.15, 0.2) is 60.0 Å². The van der Waals surface area contributed by atoms with Gasteiger partial charge in [-0.05, 0) is 22.0 Å². The first kappa shape index (κ1) is 15.6. The highest BCUT2D eigenvalue weighted by atomic mass is 79.9. The summed E-state index contributed by atoms with van der Waals surface area (Å²) in [5, 5.41) is 7.78. The molecular formula is C16H15BrN7O+. The molecule has 1 N–H and O–H groups in total. The quantitative estimate of drug-likeness (QED) is 0.515. The maximum atomic E-state index is 5.19. The second kappa shape index (κ2) is 6.52. The van der Waals surface area contributed by atoms with Crippen LogP contribution in [0.5, 0.6) is 0 Å². The molecule has 0 aromatic carbocycles. The molecule has 4 aromatic heterocycles. The van der Waals surface area contributed by atoms with Crippen LogP contribution in [0.2, 0.25) is 0 Å². The maximum Gasteiger partial charge on any atom is 0.227 e. The van der Waals surface area contributed by atoms with Crippen molar-refractivity contribution in [1.82, 2.24) is 24.1 Å². The molecule has 0 aliphatic heterocycles. The Hall–Kier alpha value is -2.94. The minimum Gasteiger partial charge on any atom is -0.366 e. The summed E-state index contributed by atoms with van der Waals surface area (Å²) in [6.45, 7) is 0.615. The first-order valence-corrected chi connectivity index (χ1v) is 8.35. The molecule has 0 radical (unpaired) electrons. The summed E-state index contributed by atoms with van der Waals surface area (Å²) in [5.74, 6) is 1.58. The first-order valence-electron chi connectivity index (χ1n) is 7.56. The summed E-state index contributed by atoms with van der Waals surface area (Å²) in [5.41, 5.74) is 1.80. The lowest BCUT2D eigenvalue weighted by Crippen LogP contribution is -2.40. The van der Waals surface area contributed by atoms with Gasteiger partial charge in [-0.1, -0.05) is 0 Å². The maximum absolute atomic E-state index is 5.19. The average Bonchev–Trinajstić information content (AvgIpc) is 3.30. The molecule has 25 heavy (non-hydrogen) atoms. The smallest absolute Gasteiger partial charge is 0.227 e. The number of halogens is 1. The molecule has 0 spiro atoms. The fraction of sp³-hybridized carbons (Fsp3) is 0.125. The van der Waals surface area contributed by atoms with Gasteiger partial charge in [0.15, 0.2) is 5.65 Å². The van der Waals surface area contributed by atoms with Crippen molar-refractivity contribution in [2.24, 2.45) is 0 Å². The minimum atomic E-state index is 0.615. The molecular weight excluding hydrogens is 386 g/mol. The van der Waals surface area contributed by atoms with Crippen LogP contribution in [0.3, 0.4) is 0 Å². The number of pyridine rings is 1. The Morgan fingerprint density at radius 2 is 2.32 bits per heavy atom. The predicted molar refractivity (Wildman–Crippen MR) is 94.3 cm³/mol. The lowest BCUT2D eigenvalue weighted by molar-refractivity contribution is -0.885. The van der Waals surface area contributed by atoms with Crippen molar-refractivity contribution in [2.75, 3.05) is 12.4 Å². The van der Waals surface area contributed by atoms with Crippen molar-refractivity contribution in [3.05, 3.63) is 65.5 Å². The molecule has 0 fully saturated rings. The van der Waals surface area contributed by atoms with E-state index in [1.54, 1.807) is 35.1 Å². The van der Waals surface area contributed by atoms with E-state index in [1.165, 1.54) is 0 Å². The van der Waals surface area contributed by atoms with Gasteiger partial charge < -0.3 is 5.32 Å². The minimum absolute atomic E-state index is 0.615. The highest BCUT2D eigenvalue weighted by Crippen LogP contribution is 2.22. The number of nitrogens with one attached hydrogen (secondary N) is 1. The molecule has 9 heteroatoms. The van der Waals surface area contributed by atoms with Gasteiger partial charge in [0.05, 0.1) is 10.7 Å². The largest absolute Gasteiger partial charge is 0.366 e. The zero-order valence-electron chi connectivity index (χ0n) is 13.4. The highest BCUT2D eigenvalue weighted by molar-refractivity contribution is 9.10. The molecule has 0 saturated carbocycles. The van der Waals surface area contributed by atoms with Crippen molar-refractivity contribution in [2.45, 2.75) is 6.54 Å². The third-order valence-corrected chi connectivity index (χ3v) is 4.26. The Morgan fingerprint density at radius 3 is 3.12 bits per heavy atom. The van der Waals surface area contributed by atoms with E-state index in [9.17, 15) is 0 Å². The second-order valence-corrected chi connectivity index (χ2v) is 6.16. The fourth-order valence-electron chi connectivity index (χ4n) is 2.49. The number of hydrogen-bond acceptors (Lipinski definition) is 5. The Morgan fingerprint density at radius 1 is 1.40 bits per heavy atom. The van der Waals surface area contributed by atoms with Crippen LogP contribution in [0.4, 0.5) is 5.82 Å². The van der Waals surface area contributed by atoms with Gasteiger partial charge in [-0.25, -0.2) is 9.97 Å². The van der Waals surface area contributed by atoms with Gasteiger partial charge in [0, 0.05) is 41.4 Å². The molecule has 0 atom stereocenters. The molecule has 0 aliphatic carbocycles. The zero-order chi connectivity index (χ0) is 17.2. The van der Waals surface area contributed by atoms with Gasteiger partial charge in [0.25, 0.3) is 0 Å². The van der Waals surface area contributed by atoms with E-state index in [0.29, 0.717) is 6.54 Å². The Kier molecular flexibility index (Phi) is 4.06. The summed E-state index contributed by atoms with van der Waals surface area (Å²) in [7, 11) is 1.63. The number of imidazole rings is 1. The van der Waals surface area contributed by atoms with E-state index >= 15 is 0 Å². The average molecular weight is 401 g/mol. The standard InChI is InChI=1S/C16H15BrN7O/c1-25-23-5-2-3-12(10-23)8-19-14-7-15(22-6-4-18-11-22)21-16-13(17)9-20-24(14)16/h2-7,9-11,19H,8H2,1H3/q+1. The number of nitrogens with zero attached hydrogens (tertiary/aromatic N) is 6. The van der Waals surface area contributed by atoms with Gasteiger partial charge in [-0.2, -0.15) is 9.61 Å². The van der Waals surface area contributed by atoms with Gasteiger partial charge in [0.2, 0.25) is 12.4 Å². The van der Waals surface area contributed by atoms with Crippen LogP contribution in [0, 0.1) is 0 Å². The summed E-state index contributed by atoms with van der Waals surface area (Å²) in [4.78, 5) is 13.9. The molecule has 0 unspecified atom stereocenters.